The van der Waals surface area contributed by atoms with Crippen LogP contribution in [0.5, 0.6) is 0 Å². The van der Waals surface area contributed by atoms with Gasteiger partial charge < -0.3 is 0 Å². The molecule has 0 atom stereocenters. The number of hydrogen-bond acceptors (Lipinski definition) is 1. The molecule has 0 aromatic heterocycles. The van der Waals surface area contributed by atoms with E-state index in [9.17, 15) is 0 Å². The van der Waals surface area contributed by atoms with Gasteiger partial charge in [-0.1, -0.05) is 31.7 Å². The minimum atomic E-state index is 0.975. The molecule has 1 nitrogen and oxygen atoms in total. The fourth-order valence-corrected chi connectivity index (χ4v) is 0.898. The highest BCUT2D eigenvalue weighted by Crippen LogP contribution is 2.15. The van der Waals surface area contributed by atoms with Gasteiger partial charge in [0.2, 0.25) is 0 Å². The summed E-state index contributed by atoms with van der Waals surface area (Å²) in [6.45, 7) is 18.1. The maximum atomic E-state index is 4.40. The highest BCUT2D eigenvalue weighted by Gasteiger charge is 1.96. The van der Waals surface area contributed by atoms with Crippen molar-refractivity contribution in [2.45, 2.75) is 41.0 Å². The summed E-state index contributed by atoms with van der Waals surface area (Å²) in [4.78, 5) is 4.40. The normalized spacial score (nSPS) is 13.9. The van der Waals surface area contributed by atoms with Gasteiger partial charge in [-0.05, 0) is 50.8 Å². The van der Waals surface area contributed by atoms with Crippen molar-refractivity contribution in [3.8, 4) is 0 Å². The van der Waals surface area contributed by atoms with Crippen LogP contribution >= 0.6 is 0 Å². The second kappa shape index (κ2) is 7.00. The molecule has 0 amide bonds. The lowest BCUT2D eigenvalue weighted by atomic mass is 10.0. The molecule has 0 fully saturated rings. The Morgan fingerprint density at radius 2 is 1.62 bits per heavy atom. The Bertz CT molecular complexity index is 365. The van der Waals surface area contributed by atoms with Crippen molar-refractivity contribution in [1.82, 2.24) is 0 Å². The molecule has 0 saturated carbocycles. The zero-order valence-corrected chi connectivity index (χ0v) is 11.2. The molecule has 88 valence electrons. The molecule has 0 N–H and O–H groups in total. The van der Waals surface area contributed by atoms with Crippen molar-refractivity contribution >= 4 is 5.71 Å². The molecule has 1 heteroatoms. The number of nitrogens with zero attached hydrogens (tertiary/aromatic N) is 1. The van der Waals surface area contributed by atoms with Crippen molar-refractivity contribution in [2.24, 2.45) is 4.99 Å². The standard InChI is InChI=1S/C15H23N/c1-8-14(7)16-10-15(12(4)5)9-13(6)11(2)3/h9-10H,2,4,8H2,1,3,5-7H3/b13-9+,15-10-,16-14?. The zero-order chi connectivity index (χ0) is 12.7. The van der Waals surface area contributed by atoms with Crippen LogP contribution in [0.25, 0.3) is 0 Å². The first-order valence-corrected chi connectivity index (χ1v) is 5.62. The Balaban J connectivity index is 5.12. The zero-order valence-electron chi connectivity index (χ0n) is 11.2. The molecule has 0 aliphatic rings. The number of aliphatic imine (C=N–C) groups is 1. The van der Waals surface area contributed by atoms with E-state index < -0.39 is 0 Å². The first-order chi connectivity index (χ1) is 7.38. The number of hydrogen-bond donors (Lipinski definition) is 0. The predicted molar refractivity (Wildman–Crippen MR) is 74.9 cm³/mol. The molecule has 0 bridgehead atoms. The van der Waals surface area contributed by atoms with Crippen molar-refractivity contribution in [2.75, 3.05) is 0 Å². The van der Waals surface area contributed by atoms with Crippen LogP contribution < -0.4 is 0 Å². The van der Waals surface area contributed by atoms with Crippen LogP contribution in [-0.4, -0.2) is 5.71 Å². The average Bonchev–Trinajstić information content (AvgIpc) is 2.22. The van der Waals surface area contributed by atoms with Gasteiger partial charge in [0.25, 0.3) is 0 Å². The second-order valence-electron chi connectivity index (χ2n) is 4.19. The van der Waals surface area contributed by atoms with Gasteiger partial charge in [-0.25, -0.2) is 0 Å². The van der Waals surface area contributed by atoms with Crippen LogP contribution in [-0.2, 0) is 0 Å². The topological polar surface area (TPSA) is 12.4 Å². The molecule has 0 aliphatic heterocycles. The van der Waals surface area contributed by atoms with Gasteiger partial charge >= 0.3 is 0 Å². The van der Waals surface area contributed by atoms with Crippen molar-refractivity contribution < 1.29 is 0 Å². The summed E-state index contributed by atoms with van der Waals surface area (Å²) < 4.78 is 0. The maximum absolute atomic E-state index is 4.40. The largest absolute Gasteiger partial charge is 0.265 e. The molecule has 16 heavy (non-hydrogen) atoms. The van der Waals surface area contributed by atoms with Crippen LogP contribution in [0.3, 0.4) is 0 Å². The van der Waals surface area contributed by atoms with Gasteiger partial charge in [0.15, 0.2) is 0 Å². The molecular formula is C15H23N. The fraction of sp³-hybridized carbons (Fsp3) is 0.400. The smallest absolute Gasteiger partial charge is 0.0342 e. The Morgan fingerprint density at radius 1 is 1.06 bits per heavy atom. The second-order valence-corrected chi connectivity index (χ2v) is 4.19. The summed E-state index contributed by atoms with van der Waals surface area (Å²) in [5, 5.41) is 0. The van der Waals surface area contributed by atoms with Crippen LogP contribution in [0, 0.1) is 0 Å². The van der Waals surface area contributed by atoms with Crippen LogP contribution in [0.15, 0.2) is 52.7 Å². The maximum Gasteiger partial charge on any atom is 0.0342 e. The molecule has 0 rings (SSSR count). The van der Waals surface area contributed by atoms with Gasteiger partial charge in [-0.15, -0.1) is 0 Å². The first kappa shape index (κ1) is 14.6. The minimum absolute atomic E-state index is 0.975. The molecule has 0 saturated heterocycles. The summed E-state index contributed by atoms with van der Waals surface area (Å²) in [6, 6.07) is 0. The number of rotatable bonds is 5. The minimum Gasteiger partial charge on any atom is -0.265 e. The third-order valence-corrected chi connectivity index (χ3v) is 2.47. The molecule has 0 spiro atoms. The van der Waals surface area contributed by atoms with Gasteiger partial charge in [-0.3, -0.25) is 4.99 Å². The molecule has 0 radical (unpaired) electrons. The Labute approximate surface area is 100.0 Å². The molecule has 0 aliphatic carbocycles. The van der Waals surface area contributed by atoms with Crippen LogP contribution in [0.2, 0.25) is 0 Å². The van der Waals surface area contributed by atoms with E-state index in [4.69, 9.17) is 0 Å². The lowest BCUT2D eigenvalue weighted by Gasteiger charge is -2.03. The third kappa shape index (κ3) is 5.50. The van der Waals surface area contributed by atoms with E-state index in [1.165, 1.54) is 5.57 Å². The summed E-state index contributed by atoms with van der Waals surface area (Å²) in [5.41, 5.74) is 5.45. The predicted octanol–water partition coefficient (Wildman–Crippen LogP) is 4.84. The number of allylic oxidation sites excluding steroid dienone is 5. The first-order valence-electron chi connectivity index (χ1n) is 5.62. The summed E-state index contributed by atoms with van der Waals surface area (Å²) in [6.07, 6.45) is 4.94. The van der Waals surface area contributed by atoms with E-state index in [1.807, 2.05) is 27.0 Å². The summed E-state index contributed by atoms with van der Waals surface area (Å²) in [5.74, 6) is 0. The molecule has 0 aromatic carbocycles. The molecule has 0 heterocycles. The van der Waals surface area contributed by atoms with E-state index in [0.29, 0.717) is 0 Å². The highest BCUT2D eigenvalue weighted by atomic mass is 14.7. The van der Waals surface area contributed by atoms with E-state index >= 15 is 0 Å². The van der Waals surface area contributed by atoms with E-state index in [0.717, 1.165) is 28.9 Å². The van der Waals surface area contributed by atoms with Crippen molar-refractivity contribution in [1.29, 1.82) is 0 Å². The van der Waals surface area contributed by atoms with E-state index in [-0.39, 0.29) is 0 Å². The quantitative estimate of drug-likeness (QED) is 0.461. The Morgan fingerprint density at radius 3 is 2.00 bits per heavy atom. The molecular weight excluding hydrogens is 194 g/mol. The van der Waals surface area contributed by atoms with E-state index in [1.54, 1.807) is 0 Å². The lowest BCUT2D eigenvalue weighted by molar-refractivity contribution is 1.24. The van der Waals surface area contributed by atoms with Gasteiger partial charge in [0.05, 0.1) is 0 Å². The average molecular weight is 217 g/mol. The third-order valence-electron chi connectivity index (χ3n) is 2.47. The van der Waals surface area contributed by atoms with Crippen molar-refractivity contribution in [3.63, 3.8) is 0 Å². The monoisotopic (exact) mass is 217 g/mol. The Hall–Kier alpha value is -1.37. The summed E-state index contributed by atoms with van der Waals surface area (Å²) in [7, 11) is 0. The fourth-order valence-electron chi connectivity index (χ4n) is 0.898. The molecule has 0 aromatic rings. The van der Waals surface area contributed by atoms with Crippen LogP contribution in [0.4, 0.5) is 0 Å². The highest BCUT2D eigenvalue weighted by molar-refractivity contribution is 5.82. The molecule has 0 unspecified atom stereocenters. The Kier molecular flexibility index (Phi) is 6.40. The van der Waals surface area contributed by atoms with Gasteiger partial charge in [0.1, 0.15) is 0 Å². The van der Waals surface area contributed by atoms with Crippen molar-refractivity contribution in [3.05, 3.63) is 47.7 Å². The lowest BCUT2D eigenvalue weighted by Crippen LogP contribution is -1.87. The van der Waals surface area contributed by atoms with Gasteiger partial charge in [0, 0.05) is 11.9 Å². The van der Waals surface area contributed by atoms with E-state index in [2.05, 4.69) is 38.1 Å². The summed E-state index contributed by atoms with van der Waals surface area (Å²) >= 11 is 0. The van der Waals surface area contributed by atoms with Gasteiger partial charge in [-0.2, -0.15) is 0 Å². The SMILES string of the molecule is C=C(C)C(=C\N=C(C)CC)/C=C(\C)C(=C)C. The van der Waals surface area contributed by atoms with Crippen LogP contribution in [0.1, 0.15) is 41.0 Å².